The number of halogens is 1. The lowest BCUT2D eigenvalue weighted by Gasteiger charge is -2.36. The van der Waals surface area contributed by atoms with Gasteiger partial charge in [0.15, 0.2) is 0 Å². The summed E-state index contributed by atoms with van der Waals surface area (Å²) in [6.07, 6.45) is 4.81. The van der Waals surface area contributed by atoms with Crippen LogP contribution in [0.5, 0.6) is 0 Å². The quantitative estimate of drug-likeness (QED) is 0.525. The summed E-state index contributed by atoms with van der Waals surface area (Å²) in [6, 6.07) is 4.65. The van der Waals surface area contributed by atoms with Crippen LogP contribution in [-0.4, -0.2) is 22.2 Å². The average Bonchev–Trinajstić information content (AvgIpc) is 2.47. The van der Waals surface area contributed by atoms with Gasteiger partial charge in [0.05, 0.1) is 10.5 Å². The molecule has 1 aromatic carbocycles. The van der Waals surface area contributed by atoms with Crippen molar-refractivity contribution in [1.82, 2.24) is 5.32 Å². The Bertz CT molecular complexity index is 554. The first kappa shape index (κ1) is 15.8. The van der Waals surface area contributed by atoms with Gasteiger partial charge in [0.2, 0.25) is 0 Å². The molecule has 0 heterocycles. The van der Waals surface area contributed by atoms with Crippen LogP contribution in [0.2, 0.25) is 0 Å². The van der Waals surface area contributed by atoms with Crippen molar-refractivity contribution in [3.05, 3.63) is 39.4 Å². The van der Waals surface area contributed by atoms with E-state index in [1.807, 2.05) is 0 Å². The number of aryl methyl sites for hydroxylation is 1. The molecule has 6 heteroatoms. The number of nitrogens with one attached hydrogen (secondary N) is 1. The fraction of sp³-hybridized carbons (Fsp3) is 0.533. The summed E-state index contributed by atoms with van der Waals surface area (Å²) in [6.45, 7) is 1.70. The second-order valence-electron chi connectivity index (χ2n) is 5.65. The zero-order chi connectivity index (χ0) is 15.5. The lowest BCUT2D eigenvalue weighted by atomic mass is 9.83. The van der Waals surface area contributed by atoms with Crippen LogP contribution in [0.4, 0.5) is 5.69 Å². The Hall–Kier alpha value is -1.62. The Labute approximate surface area is 128 Å². The number of carbonyl (C=O) groups is 1. The third kappa shape index (κ3) is 3.35. The molecule has 1 aliphatic carbocycles. The van der Waals surface area contributed by atoms with Crippen LogP contribution in [0.25, 0.3) is 0 Å². The van der Waals surface area contributed by atoms with Crippen LogP contribution in [0, 0.1) is 17.0 Å². The standard InChI is InChI=1S/C15H19ClN2O3/c1-11-6-5-7-12(18(20)21)13(11)14(19)17-15(10-16)8-3-2-4-9-15/h5-7H,2-4,8-10H2,1H3,(H,17,19). The van der Waals surface area contributed by atoms with Crippen LogP contribution in [0.15, 0.2) is 18.2 Å². The van der Waals surface area contributed by atoms with E-state index in [0.717, 1.165) is 32.1 Å². The summed E-state index contributed by atoms with van der Waals surface area (Å²) < 4.78 is 0. The molecule has 0 bridgehead atoms. The maximum absolute atomic E-state index is 12.5. The lowest BCUT2D eigenvalue weighted by molar-refractivity contribution is -0.385. The molecule has 0 radical (unpaired) electrons. The van der Waals surface area contributed by atoms with Crippen molar-refractivity contribution in [2.45, 2.75) is 44.6 Å². The molecule has 2 rings (SSSR count). The first-order valence-electron chi connectivity index (χ1n) is 7.11. The Kier molecular flexibility index (Phi) is 4.83. The van der Waals surface area contributed by atoms with E-state index >= 15 is 0 Å². The van der Waals surface area contributed by atoms with Gasteiger partial charge in [-0.3, -0.25) is 14.9 Å². The van der Waals surface area contributed by atoms with Gasteiger partial charge in [-0.2, -0.15) is 0 Å². The van der Waals surface area contributed by atoms with Crippen molar-refractivity contribution in [1.29, 1.82) is 0 Å². The SMILES string of the molecule is Cc1cccc([N+](=O)[O-])c1C(=O)NC1(CCl)CCCCC1. The Morgan fingerprint density at radius 1 is 1.38 bits per heavy atom. The van der Waals surface area contributed by atoms with Gasteiger partial charge in [0, 0.05) is 11.9 Å². The van der Waals surface area contributed by atoms with Gasteiger partial charge < -0.3 is 5.32 Å². The summed E-state index contributed by atoms with van der Waals surface area (Å²) in [5.41, 5.74) is 0.139. The topological polar surface area (TPSA) is 72.2 Å². The molecule has 114 valence electrons. The van der Waals surface area contributed by atoms with E-state index in [1.165, 1.54) is 6.07 Å². The molecule has 0 atom stereocenters. The number of alkyl halides is 1. The number of hydrogen-bond acceptors (Lipinski definition) is 3. The number of benzene rings is 1. The Balaban J connectivity index is 2.30. The highest BCUT2D eigenvalue weighted by molar-refractivity contribution is 6.19. The summed E-state index contributed by atoms with van der Waals surface area (Å²) in [7, 11) is 0. The van der Waals surface area contributed by atoms with E-state index < -0.39 is 16.4 Å². The van der Waals surface area contributed by atoms with Gasteiger partial charge in [0.25, 0.3) is 11.6 Å². The highest BCUT2D eigenvalue weighted by Gasteiger charge is 2.35. The van der Waals surface area contributed by atoms with Crippen LogP contribution in [-0.2, 0) is 0 Å². The fourth-order valence-corrected chi connectivity index (χ4v) is 3.26. The van der Waals surface area contributed by atoms with Crippen LogP contribution in [0.3, 0.4) is 0 Å². The highest BCUT2D eigenvalue weighted by atomic mass is 35.5. The molecule has 5 nitrogen and oxygen atoms in total. The van der Waals surface area contributed by atoms with Crippen molar-refractivity contribution in [2.75, 3.05) is 5.88 Å². The van der Waals surface area contributed by atoms with Gasteiger partial charge in [-0.25, -0.2) is 0 Å². The van der Waals surface area contributed by atoms with Gasteiger partial charge in [-0.05, 0) is 25.3 Å². The second kappa shape index (κ2) is 6.43. The van der Waals surface area contributed by atoms with E-state index in [1.54, 1.807) is 19.1 Å². The molecular formula is C15H19ClN2O3. The first-order chi connectivity index (χ1) is 9.99. The Morgan fingerprint density at radius 3 is 2.62 bits per heavy atom. The smallest absolute Gasteiger partial charge is 0.282 e. The summed E-state index contributed by atoms with van der Waals surface area (Å²) in [5, 5.41) is 14.1. The minimum absolute atomic E-state index is 0.137. The molecule has 1 amide bonds. The molecule has 0 unspecified atom stereocenters. The predicted octanol–water partition coefficient (Wildman–Crippen LogP) is 3.57. The highest BCUT2D eigenvalue weighted by Crippen LogP contribution is 2.31. The largest absolute Gasteiger partial charge is 0.345 e. The average molecular weight is 311 g/mol. The molecule has 1 N–H and O–H groups in total. The predicted molar refractivity (Wildman–Crippen MR) is 81.8 cm³/mol. The van der Waals surface area contributed by atoms with Crippen LogP contribution < -0.4 is 5.32 Å². The molecule has 0 aliphatic heterocycles. The van der Waals surface area contributed by atoms with Crippen LogP contribution in [0.1, 0.15) is 48.0 Å². The van der Waals surface area contributed by atoms with Gasteiger partial charge >= 0.3 is 0 Å². The molecule has 0 saturated heterocycles. The number of carbonyl (C=O) groups excluding carboxylic acids is 1. The minimum atomic E-state index is -0.518. The summed E-state index contributed by atoms with van der Waals surface area (Å²) in [5.74, 6) is -0.0688. The Morgan fingerprint density at radius 2 is 2.05 bits per heavy atom. The molecule has 1 saturated carbocycles. The maximum Gasteiger partial charge on any atom is 0.282 e. The fourth-order valence-electron chi connectivity index (χ4n) is 2.92. The first-order valence-corrected chi connectivity index (χ1v) is 7.65. The molecule has 21 heavy (non-hydrogen) atoms. The molecule has 0 spiro atoms. The second-order valence-corrected chi connectivity index (χ2v) is 5.92. The zero-order valence-electron chi connectivity index (χ0n) is 12.0. The number of rotatable bonds is 4. The summed E-state index contributed by atoms with van der Waals surface area (Å²) in [4.78, 5) is 23.2. The summed E-state index contributed by atoms with van der Waals surface area (Å²) >= 11 is 6.06. The van der Waals surface area contributed by atoms with Crippen LogP contribution >= 0.6 is 11.6 Å². The van der Waals surface area contributed by atoms with Crippen molar-refractivity contribution in [3.8, 4) is 0 Å². The van der Waals surface area contributed by atoms with Crippen molar-refractivity contribution in [2.24, 2.45) is 0 Å². The van der Waals surface area contributed by atoms with Crippen molar-refractivity contribution >= 4 is 23.2 Å². The maximum atomic E-state index is 12.5. The van der Waals surface area contributed by atoms with E-state index in [2.05, 4.69) is 5.32 Å². The molecule has 1 aromatic rings. The molecular weight excluding hydrogens is 292 g/mol. The van der Waals surface area contributed by atoms with Gasteiger partial charge in [0.1, 0.15) is 5.56 Å². The molecule has 0 aromatic heterocycles. The van der Waals surface area contributed by atoms with Gasteiger partial charge in [-0.15, -0.1) is 11.6 Å². The van der Waals surface area contributed by atoms with Crippen molar-refractivity contribution < 1.29 is 9.72 Å². The van der Waals surface area contributed by atoms with E-state index in [-0.39, 0.29) is 11.3 Å². The van der Waals surface area contributed by atoms with E-state index in [9.17, 15) is 14.9 Å². The zero-order valence-corrected chi connectivity index (χ0v) is 12.8. The third-order valence-corrected chi connectivity index (χ3v) is 4.63. The number of nitro groups is 1. The van der Waals surface area contributed by atoms with Gasteiger partial charge in [-0.1, -0.05) is 31.4 Å². The molecule has 1 fully saturated rings. The normalized spacial score (nSPS) is 17.2. The number of nitrogens with zero attached hydrogens (tertiary/aromatic N) is 1. The number of hydrogen-bond donors (Lipinski definition) is 1. The monoisotopic (exact) mass is 310 g/mol. The third-order valence-electron chi connectivity index (χ3n) is 4.12. The van der Waals surface area contributed by atoms with Crippen molar-refractivity contribution in [3.63, 3.8) is 0 Å². The molecule has 1 aliphatic rings. The lowest BCUT2D eigenvalue weighted by Crippen LogP contribution is -2.51. The van der Waals surface area contributed by atoms with E-state index in [0.29, 0.717) is 11.4 Å². The van der Waals surface area contributed by atoms with E-state index in [4.69, 9.17) is 11.6 Å². The minimum Gasteiger partial charge on any atom is -0.345 e. The number of nitro benzene ring substituents is 1. The number of amides is 1.